The number of rotatable bonds is 4. The molecule has 0 aromatic heterocycles. The molecule has 1 N–H and O–H groups in total. The lowest BCUT2D eigenvalue weighted by Crippen LogP contribution is -2.39. The van der Waals surface area contributed by atoms with Crippen molar-refractivity contribution >= 4 is 11.7 Å². The number of carbonyl (C=O) groups excluding carboxylic acids is 1. The number of piperidine rings is 1. The number of hydrogen-bond donors (Lipinski definition) is 1. The molecule has 1 aromatic rings. The van der Waals surface area contributed by atoms with Crippen molar-refractivity contribution in [3.8, 4) is 12.3 Å². The van der Waals surface area contributed by atoms with E-state index in [-0.39, 0.29) is 11.6 Å². The van der Waals surface area contributed by atoms with E-state index in [1.54, 1.807) is 6.07 Å². The summed E-state index contributed by atoms with van der Waals surface area (Å²) in [7, 11) is 1.29. The summed E-state index contributed by atoms with van der Waals surface area (Å²) in [5.74, 6) is 1.65. The van der Waals surface area contributed by atoms with Crippen molar-refractivity contribution < 1.29 is 13.9 Å². The summed E-state index contributed by atoms with van der Waals surface area (Å²) in [4.78, 5) is 13.9. The summed E-state index contributed by atoms with van der Waals surface area (Å²) in [6.45, 7) is 2.49. The summed E-state index contributed by atoms with van der Waals surface area (Å²) in [5.41, 5.74) is 0.835. The van der Waals surface area contributed by atoms with Crippen molar-refractivity contribution in [2.24, 2.45) is 0 Å². The van der Waals surface area contributed by atoms with Gasteiger partial charge in [0.1, 0.15) is 5.82 Å². The van der Waals surface area contributed by atoms with Gasteiger partial charge in [0.25, 0.3) is 0 Å². The van der Waals surface area contributed by atoms with Crippen LogP contribution in [0, 0.1) is 18.2 Å². The average molecular weight is 290 g/mol. The van der Waals surface area contributed by atoms with Gasteiger partial charge in [-0.15, -0.1) is 6.42 Å². The molecular formula is C16H19FN2O2. The van der Waals surface area contributed by atoms with Crippen LogP contribution in [0.5, 0.6) is 0 Å². The van der Waals surface area contributed by atoms with Gasteiger partial charge in [-0.3, -0.25) is 4.90 Å². The molecule has 4 nitrogen and oxygen atoms in total. The summed E-state index contributed by atoms with van der Waals surface area (Å²) in [5, 5.41) is 3.31. The van der Waals surface area contributed by atoms with E-state index >= 15 is 0 Å². The molecule has 0 spiro atoms. The number of nitrogens with zero attached hydrogens (tertiary/aromatic N) is 1. The second-order valence-electron chi connectivity index (χ2n) is 5.08. The Morgan fingerprint density at radius 1 is 1.52 bits per heavy atom. The zero-order chi connectivity index (χ0) is 15.2. The molecule has 1 saturated heterocycles. The van der Waals surface area contributed by atoms with Gasteiger partial charge in [-0.2, -0.15) is 0 Å². The number of benzene rings is 1. The molecule has 0 bridgehead atoms. The van der Waals surface area contributed by atoms with Gasteiger partial charge in [-0.1, -0.05) is 5.92 Å². The highest BCUT2D eigenvalue weighted by Gasteiger charge is 2.21. The van der Waals surface area contributed by atoms with Crippen molar-refractivity contribution in [1.82, 2.24) is 4.90 Å². The van der Waals surface area contributed by atoms with Gasteiger partial charge in [-0.25, -0.2) is 9.18 Å². The van der Waals surface area contributed by atoms with E-state index in [1.807, 2.05) is 0 Å². The molecule has 0 amide bonds. The largest absolute Gasteiger partial charge is 0.465 e. The third-order valence-corrected chi connectivity index (χ3v) is 3.65. The number of esters is 1. The van der Waals surface area contributed by atoms with E-state index in [4.69, 9.17) is 11.2 Å². The number of anilines is 1. The fourth-order valence-electron chi connectivity index (χ4n) is 2.51. The minimum Gasteiger partial charge on any atom is -0.465 e. The van der Waals surface area contributed by atoms with Gasteiger partial charge in [0.15, 0.2) is 0 Å². The van der Waals surface area contributed by atoms with Gasteiger partial charge < -0.3 is 10.1 Å². The molecule has 1 aliphatic heterocycles. The van der Waals surface area contributed by atoms with E-state index in [0.717, 1.165) is 25.9 Å². The Kier molecular flexibility index (Phi) is 5.18. The molecule has 0 radical (unpaired) electrons. The van der Waals surface area contributed by atoms with E-state index in [2.05, 4.69) is 16.1 Å². The van der Waals surface area contributed by atoms with Crippen LogP contribution in [0.25, 0.3) is 0 Å². The first-order valence-electron chi connectivity index (χ1n) is 6.94. The topological polar surface area (TPSA) is 41.6 Å². The second-order valence-corrected chi connectivity index (χ2v) is 5.08. The molecule has 1 fully saturated rings. The number of likely N-dealkylation sites (tertiary alicyclic amines) is 1. The van der Waals surface area contributed by atoms with Crippen LogP contribution in [-0.4, -0.2) is 43.7 Å². The number of nitrogens with one attached hydrogen (secondary N) is 1. The second kappa shape index (κ2) is 7.09. The smallest absolute Gasteiger partial charge is 0.340 e. The Balaban J connectivity index is 2.04. The highest BCUT2D eigenvalue weighted by molar-refractivity contribution is 5.95. The molecule has 0 atom stereocenters. The van der Waals surface area contributed by atoms with Gasteiger partial charge in [-0.05, 0) is 31.0 Å². The normalized spacial score (nSPS) is 16.2. The van der Waals surface area contributed by atoms with Gasteiger partial charge >= 0.3 is 5.97 Å². The fourth-order valence-corrected chi connectivity index (χ4v) is 2.51. The lowest BCUT2D eigenvalue weighted by Gasteiger charge is -2.32. The number of hydrogen-bond acceptors (Lipinski definition) is 4. The van der Waals surface area contributed by atoms with Crippen molar-refractivity contribution in [3.05, 3.63) is 29.6 Å². The SMILES string of the molecule is C#CCN1CCC(Nc2ccc(F)cc2C(=O)OC)CC1. The average Bonchev–Trinajstić information content (AvgIpc) is 2.50. The third-order valence-electron chi connectivity index (χ3n) is 3.65. The lowest BCUT2D eigenvalue weighted by molar-refractivity contribution is 0.0601. The standard InChI is InChI=1S/C16H19FN2O2/c1-3-8-19-9-6-13(7-10-19)18-15-5-4-12(17)11-14(15)16(20)21-2/h1,4-5,11,13,18H,6-10H2,2H3. The van der Waals surface area contributed by atoms with Gasteiger partial charge in [0, 0.05) is 24.8 Å². The maximum atomic E-state index is 13.3. The van der Waals surface area contributed by atoms with Crippen molar-refractivity contribution in [2.75, 3.05) is 32.1 Å². The van der Waals surface area contributed by atoms with Crippen LogP contribution in [0.2, 0.25) is 0 Å². The van der Waals surface area contributed by atoms with Crippen LogP contribution in [-0.2, 0) is 4.74 Å². The zero-order valence-electron chi connectivity index (χ0n) is 12.1. The molecule has 0 aliphatic carbocycles. The Hall–Kier alpha value is -2.06. The number of halogens is 1. The molecule has 112 valence electrons. The van der Waals surface area contributed by atoms with Crippen LogP contribution in [0.3, 0.4) is 0 Å². The van der Waals surface area contributed by atoms with Crippen LogP contribution < -0.4 is 5.32 Å². The van der Waals surface area contributed by atoms with Crippen molar-refractivity contribution in [3.63, 3.8) is 0 Å². The first-order chi connectivity index (χ1) is 10.1. The Morgan fingerprint density at radius 2 is 2.24 bits per heavy atom. The van der Waals surface area contributed by atoms with E-state index in [9.17, 15) is 9.18 Å². The molecule has 21 heavy (non-hydrogen) atoms. The van der Waals surface area contributed by atoms with Crippen LogP contribution in [0.15, 0.2) is 18.2 Å². The van der Waals surface area contributed by atoms with Crippen LogP contribution in [0.1, 0.15) is 23.2 Å². The quantitative estimate of drug-likeness (QED) is 0.681. The lowest BCUT2D eigenvalue weighted by atomic mass is 10.0. The summed E-state index contributed by atoms with van der Waals surface area (Å²) in [6, 6.07) is 4.35. The Bertz CT molecular complexity index is 546. The van der Waals surface area contributed by atoms with Gasteiger partial charge in [0.05, 0.1) is 19.2 Å². The highest BCUT2D eigenvalue weighted by atomic mass is 19.1. The molecular weight excluding hydrogens is 271 g/mol. The van der Waals surface area contributed by atoms with Gasteiger partial charge in [0.2, 0.25) is 0 Å². The Labute approximate surface area is 124 Å². The summed E-state index contributed by atoms with van der Waals surface area (Å²) < 4.78 is 18.0. The number of methoxy groups -OCH3 is 1. The first-order valence-corrected chi connectivity index (χ1v) is 6.94. The maximum Gasteiger partial charge on any atom is 0.340 e. The minimum absolute atomic E-state index is 0.226. The third kappa shape index (κ3) is 3.96. The van der Waals surface area contributed by atoms with Crippen molar-refractivity contribution in [2.45, 2.75) is 18.9 Å². The maximum absolute atomic E-state index is 13.3. The van der Waals surface area contributed by atoms with E-state index in [0.29, 0.717) is 12.2 Å². The predicted molar refractivity (Wildman–Crippen MR) is 79.7 cm³/mol. The van der Waals surface area contributed by atoms with E-state index < -0.39 is 11.8 Å². The molecule has 0 saturated carbocycles. The zero-order valence-corrected chi connectivity index (χ0v) is 12.1. The fraction of sp³-hybridized carbons (Fsp3) is 0.438. The summed E-state index contributed by atoms with van der Waals surface area (Å²) >= 11 is 0. The molecule has 1 aromatic carbocycles. The molecule has 5 heteroatoms. The number of terminal acetylenes is 1. The van der Waals surface area contributed by atoms with Crippen molar-refractivity contribution in [1.29, 1.82) is 0 Å². The minimum atomic E-state index is -0.540. The number of ether oxygens (including phenoxy) is 1. The van der Waals surface area contributed by atoms with E-state index in [1.165, 1.54) is 19.2 Å². The predicted octanol–water partition coefficient (Wildman–Crippen LogP) is 2.12. The van der Waals surface area contributed by atoms with Crippen LogP contribution >= 0.6 is 0 Å². The summed E-state index contributed by atoms with van der Waals surface area (Å²) in [6.07, 6.45) is 7.17. The monoisotopic (exact) mass is 290 g/mol. The van der Waals surface area contributed by atoms with Crippen LogP contribution in [0.4, 0.5) is 10.1 Å². The molecule has 2 rings (SSSR count). The molecule has 1 heterocycles. The Morgan fingerprint density at radius 3 is 2.86 bits per heavy atom. The molecule has 0 unspecified atom stereocenters. The molecule has 1 aliphatic rings. The number of carbonyl (C=O) groups is 1. The first kappa shape index (κ1) is 15.3. The highest BCUT2D eigenvalue weighted by Crippen LogP contribution is 2.22.